The van der Waals surface area contributed by atoms with Gasteiger partial charge < -0.3 is 9.47 Å². The van der Waals surface area contributed by atoms with Crippen molar-refractivity contribution in [3.05, 3.63) is 66.3 Å². The van der Waals surface area contributed by atoms with Gasteiger partial charge in [0.1, 0.15) is 5.75 Å². The zero-order chi connectivity index (χ0) is 18.6. The average Bonchev–Trinajstić information content (AvgIpc) is 3.20. The number of carbonyl (C=O) groups excluding carboxylic acids is 2. The van der Waals surface area contributed by atoms with Gasteiger partial charge in [-0.1, -0.05) is 56.2 Å². The maximum absolute atomic E-state index is 11.9. The fourth-order valence-corrected chi connectivity index (χ4v) is 2.69. The number of carbonyl (C=O) groups is 2. The summed E-state index contributed by atoms with van der Waals surface area (Å²) in [6.45, 7) is 3.83. The first-order valence-electron chi connectivity index (χ1n) is 9.15. The summed E-state index contributed by atoms with van der Waals surface area (Å²) >= 11 is 0. The first-order valence-corrected chi connectivity index (χ1v) is 9.15. The average molecular weight is 354 g/mol. The Bertz CT molecular complexity index is 668. The van der Waals surface area contributed by atoms with Gasteiger partial charge in [0.05, 0.1) is 6.61 Å². The summed E-state index contributed by atoms with van der Waals surface area (Å²) in [5.74, 6) is -0.0436. The Balaban J connectivity index is 1.57. The molecule has 0 N–H and O–H groups in total. The highest BCUT2D eigenvalue weighted by Crippen LogP contribution is 2.18. The van der Waals surface area contributed by atoms with Crippen molar-refractivity contribution in [1.29, 1.82) is 0 Å². The predicted molar refractivity (Wildman–Crippen MR) is 102 cm³/mol. The van der Waals surface area contributed by atoms with Gasteiger partial charge in [-0.25, -0.2) is 9.59 Å². The third-order valence-corrected chi connectivity index (χ3v) is 4.19. The minimum atomic E-state index is -0.351. The van der Waals surface area contributed by atoms with E-state index in [0.717, 1.165) is 38.5 Å². The van der Waals surface area contributed by atoms with E-state index in [1.54, 1.807) is 6.08 Å². The van der Waals surface area contributed by atoms with Gasteiger partial charge in [-0.2, -0.15) is 0 Å². The number of esters is 2. The smallest absolute Gasteiger partial charge is 0.339 e. The zero-order valence-electron chi connectivity index (χ0n) is 15.1. The summed E-state index contributed by atoms with van der Waals surface area (Å²) in [6, 6.07) is 7.73. The summed E-state index contributed by atoms with van der Waals surface area (Å²) in [7, 11) is 0. The molecule has 0 amide bonds. The van der Waals surface area contributed by atoms with Gasteiger partial charge in [-0.15, -0.1) is 0 Å². The second kappa shape index (κ2) is 11.1. The lowest BCUT2D eigenvalue weighted by atomic mass is 10.1. The molecule has 4 nitrogen and oxygen atoms in total. The molecule has 26 heavy (non-hydrogen) atoms. The Morgan fingerprint density at radius 1 is 1.04 bits per heavy atom. The van der Waals surface area contributed by atoms with Crippen molar-refractivity contribution in [2.75, 3.05) is 6.61 Å². The Hall–Kier alpha value is -2.62. The van der Waals surface area contributed by atoms with E-state index in [1.807, 2.05) is 36.4 Å². The highest BCUT2D eigenvalue weighted by Gasteiger charge is 2.12. The topological polar surface area (TPSA) is 52.6 Å². The van der Waals surface area contributed by atoms with Crippen LogP contribution in [0.4, 0.5) is 0 Å². The van der Waals surface area contributed by atoms with Gasteiger partial charge in [0.25, 0.3) is 0 Å². The minimum absolute atomic E-state index is 0.276. The van der Waals surface area contributed by atoms with Gasteiger partial charge in [0, 0.05) is 11.6 Å². The SMILES string of the molecule is C=CC(=O)OCCCCCCCc1ccc(OC(=O)C2=CC=CC2)cc1. The molecule has 1 aromatic carbocycles. The summed E-state index contributed by atoms with van der Waals surface area (Å²) in [5, 5.41) is 0. The van der Waals surface area contributed by atoms with Crippen LogP contribution in [0, 0.1) is 0 Å². The van der Waals surface area contributed by atoms with Gasteiger partial charge in [-0.05, 0) is 43.4 Å². The van der Waals surface area contributed by atoms with Crippen molar-refractivity contribution in [2.24, 2.45) is 0 Å². The molecule has 0 spiro atoms. The summed E-state index contributed by atoms with van der Waals surface area (Å²) in [6.07, 6.45) is 13.8. The van der Waals surface area contributed by atoms with Gasteiger partial charge in [-0.3, -0.25) is 0 Å². The van der Waals surface area contributed by atoms with Crippen LogP contribution in [0.25, 0.3) is 0 Å². The van der Waals surface area contributed by atoms with Crippen molar-refractivity contribution in [3.63, 3.8) is 0 Å². The molecule has 2 rings (SSSR count). The second-order valence-corrected chi connectivity index (χ2v) is 6.25. The molecule has 1 aliphatic carbocycles. The number of rotatable bonds is 11. The number of hydrogen-bond acceptors (Lipinski definition) is 4. The maximum atomic E-state index is 11.9. The van der Waals surface area contributed by atoms with Crippen molar-refractivity contribution in [1.82, 2.24) is 0 Å². The number of benzene rings is 1. The minimum Gasteiger partial charge on any atom is -0.463 e. The molecule has 0 saturated carbocycles. The van der Waals surface area contributed by atoms with Crippen LogP contribution in [0.15, 0.2) is 60.7 Å². The van der Waals surface area contributed by atoms with Crippen molar-refractivity contribution < 1.29 is 19.1 Å². The zero-order valence-corrected chi connectivity index (χ0v) is 15.1. The van der Waals surface area contributed by atoms with E-state index in [-0.39, 0.29) is 11.9 Å². The summed E-state index contributed by atoms with van der Waals surface area (Å²) < 4.78 is 10.3. The molecule has 0 aliphatic heterocycles. The Kier molecular flexibility index (Phi) is 8.40. The Morgan fingerprint density at radius 3 is 2.46 bits per heavy atom. The third-order valence-electron chi connectivity index (χ3n) is 4.19. The quantitative estimate of drug-likeness (QED) is 0.250. The lowest BCUT2D eigenvalue weighted by Gasteiger charge is -2.06. The Labute approximate surface area is 155 Å². The van der Waals surface area contributed by atoms with Crippen molar-refractivity contribution >= 4 is 11.9 Å². The molecule has 0 fully saturated rings. The highest BCUT2D eigenvalue weighted by atomic mass is 16.5. The summed E-state index contributed by atoms with van der Waals surface area (Å²) in [4.78, 5) is 22.8. The van der Waals surface area contributed by atoms with Crippen LogP contribution in [0.1, 0.15) is 44.1 Å². The van der Waals surface area contributed by atoms with Crippen LogP contribution in [0.5, 0.6) is 5.75 Å². The first kappa shape index (κ1) is 19.7. The van der Waals surface area contributed by atoms with E-state index in [1.165, 1.54) is 11.6 Å². The van der Waals surface area contributed by atoms with E-state index in [2.05, 4.69) is 6.58 Å². The van der Waals surface area contributed by atoms with E-state index in [9.17, 15) is 9.59 Å². The number of hydrogen-bond donors (Lipinski definition) is 0. The predicted octanol–water partition coefficient (Wildman–Crippen LogP) is 4.70. The van der Waals surface area contributed by atoms with E-state index in [0.29, 0.717) is 24.4 Å². The molecule has 138 valence electrons. The normalized spacial score (nSPS) is 12.5. The number of allylic oxidation sites excluding steroid dienone is 3. The van der Waals surface area contributed by atoms with Crippen LogP contribution in [0.2, 0.25) is 0 Å². The molecular weight excluding hydrogens is 328 g/mol. The third kappa shape index (κ3) is 7.09. The van der Waals surface area contributed by atoms with Gasteiger partial charge >= 0.3 is 11.9 Å². The molecule has 0 saturated heterocycles. The number of aryl methyl sites for hydroxylation is 1. The van der Waals surface area contributed by atoms with Gasteiger partial charge in [0.2, 0.25) is 0 Å². The highest BCUT2D eigenvalue weighted by molar-refractivity contribution is 5.91. The Morgan fingerprint density at radius 2 is 1.77 bits per heavy atom. The monoisotopic (exact) mass is 354 g/mol. The standard InChI is InChI=1S/C22H26O4/c1-2-21(23)25-17-9-5-3-4-6-10-18-13-15-20(16-14-18)26-22(24)19-11-7-8-12-19/h2,7-8,11,13-16H,1,3-6,9-10,12,17H2. The molecule has 0 heterocycles. The lowest BCUT2D eigenvalue weighted by molar-refractivity contribution is -0.137. The molecule has 4 heteroatoms. The molecule has 0 unspecified atom stereocenters. The molecular formula is C22H26O4. The number of ether oxygens (including phenoxy) is 2. The molecule has 0 aromatic heterocycles. The van der Waals surface area contributed by atoms with Crippen LogP contribution in [-0.2, 0) is 20.7 Å². The van der Waals surface area contributed by atoms with Crippen LogP contribution < -0.4 is 4.74 Å². The fraction of sp³-hybridized carbons (Fsp3) is 0.364. The fourth-order valence-electron chi connectivity index (χ4n) is 2.69. The summed E-state index contributed by atoms with van der Waals surface area (Å²) in [5.41, 5.74) is 1.93. The van der Waals surface area contributed by atoms with Crippen molar-refractivity contribution in [3.8, 4) is 5.75 Å². The first-order chi connectivity index (χ1) is 12.7. The van der Waals surface area contributed by atoms with Crippen molar-refractivity contribution in [2.45, 2.75) is 44.9 Å². The maximum Gasteiger partial charge on any atom is 0.339 e. The van der Waals surface area contributed by atoms with Crippen LogP contribution in [0.3, 0.4) is 0 Å². The molecule has 0 bridgehead atoms. The molecule has 1 aromatic rings. The lowest BCUT2D eigenvalue weighted by Crippen LogP contribution is -2.09. The van der Waals surface area contributed by atoms with E-state index < -0.39 is 0 Å². The molecule has 0 radical (unpaired) electrons. The largest absolute Gasteiger partial charge is 0.463 e. The van der Waals surface area contributed by atoms with Crippen LogP contribution in [-0.4, -0.2) is 18.5 Å². The molecule has 1 aliphatic rings. The van der Waals surface area contributed by atoms with E-state index >= 15 is 0 Å². The van der Waals surface area contributed by atoms with E-state index in [4.69, 9.17) is 9.47 Å². The second-order valence-electron chi connectivity index (χ2n) is 6.25. The molecule has 0 atom stereocenters. The number of unbranched alkanes of at least 4 members (excludes halogenated alkanes) is 4. The van der Waals surface area contributed by atoms with Crippen LogP contribution >= 0.6 is 0 Å². The van der Waals surface area contributed by atoms with Gasteiger partial charge in [0.15, 0.2) is 0 Å².